The first-order chi connectivity index (χ1) is 10.3. The number of hydrogen-bond donors (Lipinski definition) is 1. The average Bonchev–Trinajstić information content (AvgIpc) is 3.04. The van der Waals surface area contributed by atoms with Gasteiger partial charge in [-0.2, -0.15) is 0 Å². The van der Waals surface area contributed by atoms with Crippen molar-refractivity contribution in [1.82, 2.24) is 10.2 Å². The van der Waals surface area contributed by atoms with Crippen molar-refractivity contribution in [2.24, 2.45) is 0 Å². The van der Waals surface area contributed by atoms with Crippen molar-refractivity contribution in [3.8, 4) is 0 Å². The Morgan fingerprint density at radius 3 is 3.00 bits per heavy atom. The highest BCUT2D eigenvalue weighted by molar-refractivity contribution is 5.76. The topological polar surface area (TPSA) is 41.6 Å². The number of ether oxygens (including phenoxy) is 1. The lowest BCUT2D eigenvalue weighted by atomic mass is 10.00. The Bertz CT molecular complexity index is 483. The Hall–Kier alpha value is -1.39. The van der Waals surface area contributed by atoms with Gasteiger partial charge in [-0.3, -0.25) is 4.79 Å². The second-order valence-corrected chi connectivity index (χ2v) is 5.92. The Labute approximate surface area is 126 Å². The third kappa shape index (κ3) is 3.83. The van der Waals surface area contributed by atoms with E-state index in [1.807, 2.05) is 4.90 Å². The van der Waals surface area contributed by atoms with Gasteiger partial charge in [-0.1, -0.05) is 24.3 Å². The number of nitrogens with one attached hydrogen (secondary N) is 1. The van der Waals surface area contributed by atoms with Crippen molar-refractivity contribution in [1.29, 1.82) is 0 Å². The molecule has 1 atom stereocenters. The van der Waals surface area contributed by atoms with Gasteiger partial charge in [0.1, 0.15) is 0 Å². The van der Waals surface area contributed by atoms with Crippen LogP contribution in [-0.2, 0) is 22.5 Å². The minimum absolute atomic E-state index is 0.254. The van der Waals surface area contributed by atoms with Gasteiger partial charge in [0.25, 0.3) is 0 Å². The van der Waals surface area contributed by atoms with Crippen molar-refractivity contribution in [3.63, 3.8) is 0 Å². The van der Waals surface area contributed by atoms with Crippen LogP contribution in [0.15, 0.2) is 24.3 Å². The lowest BCUT2D eigenvalue weighted by Gasteiger charge is -2.29. The first-order valence-corrected chi connectivity index (χ1v) is 8.00. The van der Waals surface area contributed by atoms with Gasteiger partial charge >= 0.3 is 0 Å². The van der Waals surface area contributed by atoms with Crippen LogP contribution in [0.25, 0.3) is 0 Å². The molecule has 1 fully saturated rings. The van der Waals surface area contributed by atoms with Gasteiger partial charge in [-0.25, -0.2) is 0 Å². The van der Waals surface area contributed by atoms with E-state index < -0.39 is 0 Å². The molecule has 1 unspecified atom stereocenters. The Kier molecular flexibility index (Phi) is 4.88. The number of benzene rings is 1. The maximum atomic E-state index is 12.3. The summed E-state index contributed by atoms with van der Waals surface area (Å²) in [6.45, 7) is 4.12. The molecule has 0 saturated carbocycles. The molecule has 0 bridgehead atoms. The summed E-state index contributed by atoms with van der Waals surface area (Å²) in [6, 6.07) is 8.42. The van der Waals surface area contributed by atoms with Crippen LogP contribution in [0, 0.1) is 0 Å². The van der Waals surface area contributed by atoms with Crippen LogP contribution in [-0.4, -0.2) is 43.2 Å². The van der Waals surface area contributed by atoms with E-state index in [0.717, 1.165) is 45.6 Å². The zero-order chi connectivity index (χ0) is 14.5. The number of nitrogens with zero attached hydrogens (tertiary/aromatic N) is 1. The van der Waals surface area contributed by atoms with Crippen molar-refractivity contribution >= 4 is 5.91 Å². The zero-order valence-corrected chi connectivity index (χ0v) is 12.5. The Morgan fingerprint density at radius 1 is 1.33 bits per heavy atom. The number of amides is 1. The molecular weight excluding hydrogens is 264 g/mol. The maximum Gasteiger partial charge on any atom is 0.224 e. The summed E-state index contributed by atoms with van der Waals surface area (Å²) < 4.78 is 5.56. The molecular formula is C17H24N2O2. The standard InChI is InChI=1S/C17H24N2O2/c20-17(7-9-18-12-16-6-3-11-21-16)19-10-8-14-4-1-2-5-15(14)13-19/h1-2,4-5,16,18H,3,6-13H2. The van der Waals surface area contributed by atoms with E-state index in [2.05, 4.69) is 29.6 Å². The monoisotopic (exact) mass is 288 g/mol. The van der Waals surface area contributed by atoms with Crippen LogP contribution in [0.5, 0.6) is 0 Å². The van der Waals surface area contributed by atoms with E-state index in [0.29, 0.717) is 12.5 Å². The highest BCUT2D eigenvalue weighted by atomic mass is 16.5. The summed E-state index contributed by atoms with van der Waals surface area (Å²) >= 11 is 0. The van der Waals surface area contributed by atoms with Gasteiger partial charge in [-0.05, 0) is 30.4 Å². The van der Waals surface area contributed by atoms with E-state index in [9.17, 15) is 4.79 Å². The maximum absolute atomic E-state index is 12.3. The number of rotatable bonds is 5. The normalized spacial score (nSPS) is 21.3. The number of carbonyl (C=O) groups is 1. The summed E-state index contributed by atoms with van der Waals surface area (Å²) in [5.41, 5.74) is 2.68. The molecule has 2 heterocycles. The van der Waals surface area contributed by atoms with Gasteiger partial charge in [-0.15, -0.1) is 0 Å². The van der Waals surface area contributed by atoms with E-state index in [-0.39, 0.29) is 5.91 Å². The minimum atomic E-state index is 0.254. The summed E-state index contributed by atoms with van der Waals surface area (Å²) in [6.07, 6.45) is 4.21. The van der Waals surface area contributed by atoms with E-state index in [1.54, 1.807) is 0 Å². The highest BCUT2D eigenvalue weighted by Crippen LogP contribution is 2.18. The molecule has 3 rings (SSSR count). The molecule has 1 amide bonds. The molecule has 4 heteroatoms. The SMILES string of the molecule is O=C(CCNCC1CCCO1)N1CCc2ccccc2C1. The predicted molar refractivity (Wildman–Crippen MR) is 82.0 cm³/mol. The first-order valence-electron chi connectivity index (χ1n) is 8.00. The fourth-order valence-electron chi connectivity index (χ4n) is 3.13. The highest BCUT2D eigenvalue weighted by Gasteiger charge is 2.20. The molecule has 1 aromatic carbocycles. The molecule has 114 valence electrons. The van der Waals surface area contributed by atoms with E-state index in [4.69, 9.17) is 4.74 Å². The molecule has 1 N–H and O–H groups in total. The fraction of sp³-hybridized carbons (Fsp3) is 0.588. The minimum Gasteiger partial charge on any atom is -0.377 e. The van der Waals surface area contributed by atoms with Crippen molar-refractivity contribution in [2.45, 2.75) is 38.3 Å². The van der Waals surface area contributed by atoms with Crippen LogP contribution >= 0.6 is 0 Å². The van der Waals surface area contributed by atoms with Crippen LogP contribution in [0.4, 0.5) is 0 Å². The molecule has 2 aliphatic rings. The smallest absolute Gasteiger partial charge is 0.224 e. The quantitative estimate of drug-likeness (QED) is 0.839. The van der Waals surface area contributed by atoms with Crippen LogP contribution in [0.1, 0.15) is 30.4 Å². The van der Waals surface area contributed by atoms with E-state index >= 15 is 0 Å². The number of fused-ring (bicyclic) bond motifs is 1. The molecule has 21 heavy (non-hydrogen) atoms. The largest absolute Gasteiger partial charge is 0.377 e. The summed E-state index contributed by atoms with van der Waals surface area (Å²) in [7, 11) is 0. The number of hydrogen-bond acceptors (Lipinski definition) is 3. The molecule has 4 nitrogen and oxygen atoms in total. The van der Waals surface area contributed by atoms with Crippen LogP contribution in [0.2, 0.25) is 0 Å². The van der Waals surface area contributed by atoms with Crippen molar-refractivity contribution in [3.05, 3.63) is 35.4 Å². The second-order valence-electron chi connectivity index (χ2n) is 5.92. The average molecular weight is 288 g/mol. The number of carbonyl (C=O) groups excluding carboxylic acids is 1. The predicted octanol–water partition coefficient (Wildman–Crippen LogP) is 1.73. The van der Waals surface area contributed by atoms with Gasteiger partial charge in [0, 0.05) is 39.2 Å². The van der Waals surface area contributed by atoms with Crippen LogP contribution < -0.4 is 5.32 Å². The van der Waals surface area contributed by atoms with E-state index in [1.165, 1.54) is 17.5 Å². The van der Waals surface area contributed by atoms with Gasteiger partial charge in [0.2, 0.25) is 5.91 Å². The van der Waals surface area contributed by atoms with Gasteiger partial charge in [0.05, 0.1) is 6.10 Å². The molecule has 2 aliphatic heterocycles. The third-order valence-corrected chi connectivity index (χ3v) is 4.39. The van der Waals surface area contributed by atoms with Gasteiger partial charge in [0.15, 0.2) is 0 Å². The lowest BCUT2D eigenvalue weighted by Crippen LogP contribution is -2.38. The summed E-state index contributed by atoms with van der Waals surface area (Å²) in [5.74, 6) is 0.254. The second kappa shape index (κ2) is 7.05. The molecule has 0 radical (unpaired) electrons. The molecule has 1 saturated heterocycles. The third-order valence-electron chi connectivity index (χ3n) is 4.39. The fourth-order valence-corrected chi connectivity index (χ4v) is 3.13. The molecule has 0 spiro atoms. The van der Waals surface area contributed by atoms with Gasteiger partial charge < -0.3 is 15.0 Å². The Balaban J connectivity index is 1.40. The summed E-state index contributed by atoms with van der Waals surface area (Å²) in [4.78, 5) is 14.2. The van der Waals surface area contributed by atoms with Crippen molar-refractivity contribution in [2.75, 3.05) is 26.2 Å². The molecule has 0 aromatic heterocycles. The lowest BCUT2D eigenvalue weighted by molar-refractivity contribution is -0.132. The molecule has 0 aliphatic carbocycles. The molecule has 1 aromatic rings. The van der Waals surface area contributed by atoms with Crippen LogP contribution in [0.3, 0.4) is 0 Å². The first kappa shape index (κ1) is 14.5. The summed E-state index contributed by atoms with van der Waals surface area (Å²) in [5, 5.41) is 3.34. The van der Waals surface area contributed by atoms with Crippen molar-refractivity contribution < 1.29 is 9.53 Å². The Morgan fingerprint density at radius 2 is 2.19 bits per heavy atom. The zero-order valence-electron chi connectivity index (χ0n) is 12.5.